The van der Waals surface area contributed by atoms with Gasteiger partial charge in [-0.15, -0.1) is 9.89 Å². The zero-order valence-corrected chi connectivity index (χ0v) is 12.4. The van der Waals surface area contributed by atoms with Crippen molar-refractivity contribution in [3.63, 3.8) is 0 Å². The highest BCUT2D eigenvalue weighted by atomic mass is 32.2. The first-order valence-electron chi connectivity index (χ1n) is 6.41. The van der Waals surface area contributed by atoms with Crippen molar-refractivity contribution in [3.05, 3.63) is 65.0 Å². The van der Waals surface area contributed by atoms with Gasteiger partial charge in [0.2, 0.25) is 0 Å². The predicted octanol–water partition coefficient (Wildman–Crippen LogP) is 0.748. The van der Waals surface area contributed by atoms with Crippen molar-refractivity contribution in [3.8, 4) is 0 Å². The molecule has 0 fully saturated rings. The molecule has 1 heterocycles. The van der Waals surface area contributed by atoms with E-state index in [0.29, 0.717) is 10.9 Å². The molecule has 1 aromatic heterocycles. The third kappa shape index (κ3) is 2.23. The van der Waals surface area contributed by atoms with Gasteiger partial charge in [0.05, 0.1) is 10.3 Å². The van der Waals surface area contributed by atoms with Gasteiger partial charge in [0.1, 0.15) is 5.52 Å². The van der Waals surface area contributed by atoms with Crippen LogP contribution in [0.4, 0.5) is 0 Å². The minimum atomic E-state index is -3.89. The molecular weight excluding hydrogens is 304 g/mol. The Morgan fingerprint density at radius 3 is 2.36 bits per heavy atom. The Labute approximate surface area is 126 Å². The van der Waals surface area contributed by atoms with Crippen LogP contribution in [0.1, 0.15) is 0 Å². The fraction of sp³-hybridized carbons (Fsp3) is 0.0714. The summed E-state index contributed by atoms with van der Waals surface area (Å²) in [6, 6.07) is 14.4. The maximum absolute atomic E-state index is 12.5. The van der Waals surface area contributed by atoms with Gasteiger partial charge in [-0.2, -0.15) is 12.8 Å². The summed E-state index contributed by atoms with van der Waals surface area (Å²) in [5, 5.41) is 7.87. The number of rotatable bonds is 3. The smallest absolute Gasteiger partial charge is 0.265 e. The lowest BCUT2D eigenvalue weighted by Gasteiger charge is -2.19. The average molecular weight is 316 g/mol. The SMILES string of the molecule is CN(n1nnc2ccccc2c1=O)S(=O)(=O)c1ccccc1. The summed E-state index contributed by atoms with van der Waals surface area (Å²) in [6.07, 6.45) is 0. The molecule has 0 atom stereocenters. The molecule has 0 saturated heterocycles. The fourth-order valence-electron chi connectivity index (χ4n) is 2.01. The Balaban J connectivity index is 2.16. The average Bonchev–Trinajstić information content (AvgIpc) is 2.56. The van der Waals surface area contributed by atoms with Crippen molar-refractivity contribution < 1.29 is 8.42 Å². The van der Waals surface area contributed by atoms with Crippen molar-refractivity contribution in [2.45, 2.75) is 4.90 Å². The first-order chi connectivity index (χ1) is 10.5. The molecule has 0 bridgehead atoms. The molecule has 0 unspecified atom stereocenters. The number of benzene rings is 2. The molecule has 0 aliphatic rings. The van der Waals surface area contributed by atoms with E-state index >= 15 is 0 Å². The molecule has 112 valence electrons. The van der Waals surface area contributed by atoms with E-state index < -0.39 is 15.6 Å². The first-order valence-corrected chi connectivity index (χ1v) is 7.85. The van der Waals surface area contributed by atoms with Crippen molar-refractivity contribution in [1.82, 2.24) is 15.1 Å². The van der Waals surface area contributed by atoms with Gasteiger partial charge in [-0.25, -0.2) is 0 Å². The van der Waals surface area contributed by atoms with Crippen LogP contribution >= 0.6 is 0 Å². The van der Waals surface area contributed by atoms with E-state index in [1.54, 1.807) is 42.5 Å². The summed E-state index contributed by atoms with van der Waals surface area (Å²) in [4.78, 5) is 13.2. The van der Waals surface area contributed by atoms with Gasteiger partial charge in [-0.05, 0) is 29.5 Å². The fourth-order valence-corrected chi connectivity index (χ4v) is 3.13. The second-order valence-corrected chi connectivity index (χ2v) is 6.50. The zero-order valence-electron chi connectivity index (χ0n) is 11.6. The summed E-state index contributed by atoms with van der Waals surface area (Å²) in [6.45, 7) is 0. The lowest BCUT2D eigenvalue weighted by Crippen LogP contribution is -2.45. The van der Waals surface area contributed by atoms with Gasteiger partial charge in [0, 0.05) is 7.05 Å². The molecular formula is C14H12N4O3S. The highest BCUT2D eigenvalue weighted by Crippen LogP contribution is 2.12. The summed E-state index contributed by atoms with van der Waals surface area (Å²) in [5.41, 5.74) is -0.137. The van der Waals surface area contributed by atoms with Gasteiger partial charge >= 0.3 is 0 Å². The molecule has 0 spiro atoms. The number of aromatic nitrogens is 3. The van der Waals surface area contributed by atoms with Crippen molar-refractivity contribution in [2.75, 3.05) is 11.5 Å². The molecule has 0 N–H and O–H groups in total. The number of hydrogen-bond donors (Lipinski definition) is 0. The Hall–Kier alpha value is -2.74. The van der Waals surface area contributed by atoms with Crippen molar-refractivity contribution in [2.24, 2.45) is 0 Å². The number of nitrogens with zero attached hydrogens (tertiary/aromatic N) is 4. The number of sulfonamides is 1. The lowest BCUT2D eigenvalue weighted by molar-refractivity contribution is 0.548. The summed E-state index contributed by atoms with van der Waals surface area (Å²) in [5.74, 6) is 0. The minimum absolute atomic E-state index is 0.0689. The van der Waals surface area contributed by atoms with Crippen LogP contribution in [-0.2, 0) is 10.0 Å². The molecule has 2 aromatic carbocycles. The van der Waals surface area contributed by atoms with Gasteiger partial charge < -0.3 is 0 Å². The third-order valence-corrected chi connectivity index (χ3v) is 4.93. The third-order valence-electron chi connectivity index (χ3n) is 3.21. The topological polar surface area (TPSA) is 85.2 Å². The molecule has 7 nitrogen and oxygen atoms in total. The van der Waals surface area contributed by atoms with E-state index in [1.807, 2.05) is 0 Å². The lowest BCUT2D eigenvalue weighted by atomic mass is 10.2. The molecule has 0 amide bonds. The first kappa shape index (κ1) is 14.2. The maximum Gasteiger partial charge on any atom is 0.297 e. The molecule has 22 heavy (non-hydrogen) atoms. The van der Waals surface area contributed by atoms with Crippen LogP contribution in [0.5, 0.6) is 0 Å². The molecule has 3 aromatic rings. The van der Waals surface area contributed by atoms with Crippen LogP contribution in [0, 0.1) is 0 Å². The molecule has 8 heteroatoms. The Kier molecular flexibility index (Phi) is 3.38. The second-order valence-electron chi connectivity index (χ2n) is 4.55. The molecule has 0 radical (unpaired) electrons. The second kappa shape index (κ2) is 5.23. The van der Waals surface area contributed by atoms with Gasteiger partial charge in [0.15, 0.2) is 0 Å². The molecule has 3 rings (SSSR count). The molecule has 0 saturated carbocycles. The van der Waals surface area contributed by atoms with Crippen molar-refractivity contribution >= 4 is 20.9 Å². The summed E-state index contributed by atoms with van der Waals surface area (Å²) < 4.78 is 25.8. The van der Waals surface area contributed by atoms with Gasteiger partial charge in [0.25, 0.3) is 15.6 Å². The zero-order chi connectivity index (χ0) is 15.7. The molecule has 0 aliphatic heterocycles. The highest BCUT2D eigenvalue weighted by molar-refractivity contribution is 7.92. The van der Waals surface area contributed by atoms with Crippen LogP contribution in [0.25, 0.3) is 10.9 Å². The van der Waals surface area contributed by atoms with E-state index in [1.165, 1.54) is 19.2 Å². The summed E-state index contributed by atoms with van der Waals surface area (Å²) in [7, 11) is -2.63. The quantitative estimate of drug-likeness (QED) is 0.712. The monoisotopic (exact) mass is 316 g/mol. The van der Waals surface area contributed by atoms with Crippen LogP contribution in [-0.4, -0.2) is 30.6 Å². The van der Waals surface area contributed by atoms with Crippen molar-refractivity contribution in [1.29, 1.82) is 0 Å². The van der Waals surface area contributed by atoms with E-state index in [0.717, 1.165) is 9.21 Å². The Morgan fingerprint density at radius 1 is 1.00 bits per heavy atom. The van der Waals surface area contributed by atoms with E-state index in [2.05, 4.69) is 10.3 Å². The van der Waals surface area contributed by atoms with E-state index in [9.17, 15) is 13.2 Å². The number of hydrogen-bond acceptors (Lipinski definition) is 5. The standard InChI is InChI=1S/C14H12N4O3S/c1-17(22(20,21)11-7-3-2-4-8-11)18-14(19)12-9-5-6-10-13(12)15-16-18/h2-10H,1H3. The minimum Gasteiger partial charge on any atom is -0.265 e. The summed E-state index contributed by atoms with van der Waals surface area (Å²) >= 11 is 0. The van der Waals surface area contributed by atoms with Gasteiger partial charge in [-0.3, -0.25) is 4.79 Å². The predicted molar refractivity (Wildman–Crippen MR) is 81.6 cm³/mol. The largest absolute Gasteiger partial charge is 0.297 e. The highest BCUT2D eigenvalue weighted by Gasteiger charge is 2.23. The number of fused-ring (bicyclic) bond motifs is 1. The molecule has 0 aliphatic carbocycles. The Bertz CT molecular complexity index is 984. The van der Waals surface area contributed by atoms with E-state index in [-0.39, 0.29) is 4.90 Å². The Morgan fingerprint density at radius 2 is 1.64 bits per heavy atom. The van der Waals surface area contributed by atoms with Crippen LogP contribution in [0.15, 0.2) is 64.3 Å². The van der Waals surface area contributed by atoms with Gasteiger partial charge in [-0.1, -0.05) is 30.3 Å². The van der Waals surface area contributed by atoms with E-state index in [4.69, 9.17) is 0 Å². The normalized spacial score (nSPS) is 11.5. The van der Waals surface area contributed by atoms with Crippen LogP contribution in [0.2, 0.25) is 0 Å². The maximum atomic E-state index is 12.5. The van der Waals surface area contributed by atoms with Crippen LogP contribution in [0.3, 0.4) is 0 Å². The van der Waals surface area contributed by atoms with Crippen LogP contribution < -0.4 is 9.97 Å².